The van der Waals surface area contributed by atoms with Gasteiger partial charge in [-0.1, -0.05) is 13.0 Å². The molecular weight excluding hydrogens is 242 g/mol. The fourth-order valence-electron chi connectivity index (χ4n) is 2.69. The number of rotatable bonds is 6. The summed E-state index contributed by atoms with van der Waals surface area (Å²) in [6.45, 7) is 3.82. The first kappa shape index (κ1) is 14.2. The standard InChI is InChI=1S/C15H23NO3/c1-4-16-15(13-9-6-10-19-13)14-11(17-2)7-5-8-12(14)18-3/h5,7-8,13,15-16H,4,6,9-10H2,1-3H3. The van der Waals surface area contributed by atoms with Gasteiger partial charge in [-0.05, 0) is 31.5 Å². The summed E-state index contributed by atoms with van der Waals surface area (Å²) >= 11 is 0. The van der Waals surface area contributed by atoms with Crippen molar-refractivity contribution in [2.75, 3.05) is 27.4 Å². The van der Waals surface area contributed by atoms with Gasteiger partial charge in [-0.2, -0.15) is 0 Å². The Morgan fingerprint density at radius 1 is 1.32 bits per heavy atom. The van der Waals surface area contributed by atoms with Gasteiger partial charge in [0.2, 0.25) is 0 Å². The molecule has 0 amide bonds. The molecule has 1 fully saturated rings. The molecule has 1 saturated heterocycles. The van der Waals surface area contributed by atoms with Crippen molar-refractivity contribution < 1.29 is 14.2 Å². The van der Waals surface area contributed by atoms with Crippen LogP contribution in [-0.2, 0) is 4.74 Å². The van der Waals surface area contributed by atoms with Crippen LogP contribution in [0.25, 0.3) is 0 Å². The van der Waals surface area contributed by atoms with E-state index in [0.29, 0.717) is 0 Å². The van der Waals surface area contributed by atoms with Gasteiger partial charge < -0.3 is 19.5 Å². The maximum atomic E-state index is 5.85. The van der Waals surface area contributed by atoms with Gasteiger partial charge in [0.15, 0.2) is 0 Å². The zero-order chi connectivity index (χ0) is 13.7. The molecule has 106 valence electrons. The normalized spacial score (nSPS) is 20.3. The third-order valence-electron chi connectivity index (χ3n) is 3.54. The molecule has 0 saturated carbocycles. The third-order valence-corrected chi connectivity index (χ3v) is 3.54. The largest absolute Gasteiger partial charge is 0.496 e. The number of hydrogen-bond acceptors (Lipinski definition) is 4. The van der Waals surface area contributed by atoms with E-state index in [1.54, 1.807) is 14.2 Å². The molecule has 0 aromatic heterocycles. The highest BCUT2D eigenvalue weighted by molar-refractivity contribution is 5.47. The monoisotopic (exact) mass is 265 g/mol. The van der Waals surface area contributed by atoms with Gasteiger partial charge in [0.1, 0.15) is 11.5 Å². The first-order valence-corrected chi connectivity index (χ1v) is 6.87. The van der Waals surface area contributed by atoms with Crippen LogP contribution in [0, 0.1) is 0 Å². The molecule has 1 aromatic rings. The minimum absolute atomic E-state index is 0.110. The van der Waals surface area contributed by atoms with Crippen LogP contribution in [0.5, 0.6) is 11.5 Å². The summed E-state index contributed by atoms with van der Waals surface area (Å²) in [5.74, 6) is 1.70. The van der Waals surface area contributed by atoms with Crippen LogP contribution in [0.3, 0.4) is 0 Å². The van der Waals surface area contributed by atoms with Gasteiger partial charge in [-0.15, -0.1) is 0 Å². The van der Waals surface area contributed by atoms with Crippen LogP contribution in [0.15, 0.2) is 18.2 Å². The molecule has 4 nitrogen and oxygen atoms in total. The van der Waals surface area contributed by atoms with E-state index in [1.807, 2.05) is 18.2 Å². The van der Waals surface area contributed by atoms with Crippen molar-refractivity contribution in [3.8, 4) is 11.5 Å². The summed E-state index contributed by atoms with van der Waals surface area (Å²) in [4.78, 5) is 0. The number of likely N-dealkylation sites (N-methyl/N-ethyl adjacent to an activating group) is 1. The van der Waals surface area contributed by atoms with Gasteiger partial charge in [0.25, 0.3) is 0 Å². The number of ether oxygens (including phenoxy) is 3. The van der Waals surface area contributed by atoms with Crippen LogP contribution < -0.4 is 14.8 Å². The second-order valence-corrected chi connectivity index (χ2v) is 4.66. The molecule has 0 spiro atoms. The molecule has 2 unspecified atom stereocenters. The quantitative estimate of drug-likeness (QED) is 0.858. The Bertz CT molecular complexity index is 380. The van der Waals surface area contributed by atoms with Crippen molar-refractivity contribution >= 4 is 0 Å². The van der Waals surface area contributed by atoms with Crippen molar-refractivity contribution in [1.82, 2.24) is 5.32 Å². The van der Waals surface area contributed by atoms with E-state index in [9.17, 15) is 0 Å². The Balaban J connectivity index is 2.38. The van der Waals surface area contributed by atoms with Gasteiger partial charge in [0.05, 0.1) is 31.9 Å². The van der Waals surface area contributed by atoms with E-state index in [0.717, 1.165) is 43.1 Å². The Labute approximate surface area is 115 Å². The van der Waals surface area contributed by atoms with E-state index in [4.69, 9.17) is 14.2 Å². The average Bonchev–Trinajstić information content (AvgIpc) is 2.98. The lowest BCUT2D eigenvalue weighted by Gasteiger charge is -2.27. The highest BCUT2D eigenvalue weighted by atomic mass is 16.5. The van der Waals surface area contributed by atoms with E-state index in [-0.39, 0.29) is 12.1 Å². The van der Waals surface area contributed by atoms with E-state index in [2.05, 4.69) is 12.2 Å². The van der Waals surface area contributed by atoms with E-state index >= 15 is 0 Å². The second kappa shape index (κ2) is 6.78. The van der Waals surface area contributed by atoms with Crippen LogP contribution in [0.1, 0.15) is 31.4 Å². The molecule has 2 rings (SSSR count). The molecule has 1 heterocycles. The van der Waals surface area contributed by atoms with E-state index in [1.165, 1.54) is 0 Å². The van der Waals surface area contributed by atoms with Gasteiger partial charge >= 0.3 is 0 Å². The summed E-state index contributed by atoms with van der Waals surface area (Å²) in [5.41, 5.74) is 1.06. The smallest absolute Gasteiger partial charge is 0.127 e. The Morgan fingerprint density at radius 3 is 2.47 bits per heavy atom. The molecule has 0 radical (unpaired) electrons. The number of methoxy groups -OCH3 is 2. The first-order valence-electron chi connectivity index (χ1n) is 6.87. The van der Waals surface area contributed by atoms with Crippen molar-refractivity contribution in [3.05, 3.63) is 23.8 Å². The highest BCUT2D eigenvalue weighted by Crippen LogP contribution is 2.38. The molecule has 1 aromatic carbocycles. The Kier molecular flexibility index (Phi) is 5.05. The van der Waals surface area contributed by atoms with Crippen LogP contribution in [-0.4, -0.2) is 33.5 Å². The lowest BCUT2D eigenvalue weighted by atomic mass is 9.97. The molecule has 0 bridgehead atoms. The van der Waals surface area contributed by atoms with Crippen LogP contribution in [0.4, 0.5) is 0 Å². The fraction of sp³-hybridized carbons (Fsp3) is 0.600. The average molecular weight is 265 g/mol. The van der Waals surface area contributed by atoms with Gasteiger partial charge in [-0.3, -0.25) is 0 Å². The molecule has 0 aliphatic carbocycles. The maximum Gasteiger partial charge on any atom is 0.127 e. The van der Waals surface area contributed by atoms with Crippen molar-refractivity contribution in [1.29, 1.82) is 0 Å². The predicted octanol–water partition coefficient (Wildman–Crippen LogP) is 2.53. The van der Waals surface area contributed by atoms with Crippen LogP contribution >= 0.6 is 0 Å². The lowest BCUT2D eigenvalue weighted by molar-refractivity contribution is 0.0771. The molecule has 19 heavy (non-hydrogen) atoms. The Morgan fingerprint density at radius 2 is 2.00 bits per heavy atom. The summed E-state index contributed by atoms with van der Waals surface area (Å²) in [6, 6.07) is 5.99. The van der Waals surface area contributed by atoms with Crippen molar-refractivity contribution in [3.63, 3.8) is 0 Å². The molecule has 1 N–H and O–H groups in total. The SMILES string of the molecule is CCNC(c1c(OC)cccc1OC)C1CCCO1. The minimum Gasteiger partial charge on any atom is -0.496 e. The van der Waals surface area contributed by atoms with E-state index < -0.39 is 0 Å². The fourth-order valence-corrected chi connectivity index (χ4v) is 2.69. The summed E-state index contributed by atoms with van der Waals surface area (Å²) < 4.78 is 16.8. The molecule has 2 atom stereocenters. The number of nitrogens with one attached hydrogen (secondary N) is 1. The molecule has 1 aliphatic rings. The molecular formula is C15H23NO3. The third kappa shape index (κ3) is 3.01. The molecule has 1 aliphatic heterocycles. The summed E-state index contributed by atoms with van der Waals surface area (Å²) in [6.07, 6.45) is 2.37. The zero-order valence-electron chi connectivity index (χ0n) is 11.9. The van der Waals surface area contributed by atoms with Gasteiger partial charge in [-0.25, -0.2) is 0 Å². The zero-order valence-corrected chi connectivity index (χ0v) is 11.9. The summed E-state index contributed by atoms with van der Waals surface area (Å²) in [7, 11) is 3.38. The minimum atomic E-state index is 0.110. The maximum absolute atomic E-state index is 5.85. The highest BCUT2D eigenvalue weighted by Gasteiger charge is 2.31. The van der Waals surface area contributed by atoms with Crippen LogP contribution in [0.2, 0.25) is 0 Å². The summed E-state index contributed by atoms with van der Waals surface area (Å²) in [5, 5.41) is 3.51. The van der Waals surface area contributed by atoms with Crippen molar-refractivity contribution in [2.24, 2.45) is 0 Å². The Hall–Kier alpha value is -1.26. The second-order valence-electron chi connectivity index (χ2n) is 4.66. The first-order chi connectivity index (χ1) is 9.31. The number of hydrogen-bond donors (Lipinski definition) is 1. The van der Waals surface area contributed by atoms with Gasteiger partial charge in [0, 0.05) is 6.61 Å². The lowest BCUT2D eigenvalue weighted by Crippen LogP contribution is -2.32. The molecule has 4 heteroatoms. The number of benzene rings is 1. The predicted molar refractivity (Wildman–Crippen MR) is 74.9 cm³/mol. The van der Waals surface area contributed by atoms with Crippen molar-refractivity contribution in [2.45, 2.75) is 31.9 Å². The topological polar surface area (TPSA) is 39.7 Å².